The first-order chi connectivity index (χ1) is 6.74. The second-order valence-electron chi connectivity index (χ2n) is 4.63. The zero-order valence-electron chi connectivity index (χ0n) is 10.7. The first kappa shape index (κ1) is 15.2. The van der Waals surface area contributed by atoms with Crippen LogP contribution >= 0.6 is 7.52 Å². The summed E-state index contributed by atoms with van der Waals surface area (Å²) in [6, 6.07) is 0. The Hall–Kier alpha value is 0.150. The molecule has 0 fully saturated rings. The average molecular weight is 235 g/mol. The predicted molar refractivity (Wildman–Crippen MR) is 66.0 cm³/mol. The van der Waals surface area contributed by atoms with Gasteiger partial charge in [0, 0.05) is 0 Å². The Labute approximate surface area is 94.0 Å². The van der Waals surface area contributed by atoms with Crippen LogP contribution in [0.25, 0.3) is 0 Å². The summed E-state index contributed by atoms with van der Waals surface area (Å²) < 4.78 is 12.0. The van der Waals surface area contributed by atoms with Crippen LogP contribution in [0.5, 0.6) is 0 Å². The van der Waals surface area contributed by atoms with Crippen molar-refractivity contribution in [1.82, 2.24) is 0 Å². The minimum atomic E-state index is -3.56. The Bertz CT molecular complexity index is 239. The van der Waals surface area contributed by atoms with Crippen LogP contribution in [0.1, 0.15) is 60.3 Å². The van der Waals surface area contributed by atoms with Crippen molar-refractivity contribution in [3.05, 3.63) is 0 Å². The molecule has 0 aromatic rings. The number of rotatable bonds is 6. The summed E-state index contributed by atoms with van der Waals surface area (Å²) >= 11 is 0. The van der Waals surface area contributed by atoms with Crippen LogP contribution in [0.15, 0.2) is 0 Å². The van der Waals surface area contributed by atoms with E-state index in [1.54, 1.807) is 0 Å². The van der Waals surface area contributed by atoms with Crippen molar-refractivity contribution in [3.63, 3.8) is 0 Å². The third-order valence-electron chi connectivity index (χ3n) is 4.47. The van der Waals surface area contributed by atoms with Gasteiger partial charge < -0.3 is 4.89 Å². The molecular weight excluding hydrogens is 209 g/mol. The van der Waals surface area contributed by atoms with Crippen molar-refractivity contribution in [2.75, 3.05) is 0 Å². The normalized spacial score (nSPS) is 17.5. The Morgan fingerprint density at radius 2 is 1.40 bits per heavy atom. The third-order valence-corrected chi connectivity index (χ3v) is 6.87. The van der Waals surface area contributed by atoms with Crippen molar-refractivity contribution in [2.24, 2.45) is 10.9 Å². The summed E-state index contributed by atoms with van der Waals surface area (Å²) in [6.45, 7) is 10.1. The van der Waals surface area contributed by atoms with Gasteiger partial charge in [0.15, 0.2) is 0 Å². The van der Waals surface area contributed by atoms with Crippen LogP contribution in [-0.2, 0) is 4.57 Å². The minimum absolute atomic E-state index is 0.157. The van der Waals surface area contributed by atoms with Gasteiger partial charge in [-0.15, -0.1) is 0 Å². The van der Waals surface area contributed by atoms with Gasteiger partial charge in [-0.1, -0.05) is 34.6 Å². The highest BCUT2D eigenvalue weighted by Crippen LogP contribution is 2.62. The quantitative estimate of drug-likeness (QED) is 0.692. The first-order valence-corrected chi connectivity index (χ1v) is 7.59. The van der Waals surface area contributed by atoms with E-state index in [0.717, 1.165) is 12.8 Å². The van der Waals surface area contributed by atoms with Gasteiger partial charge in [0.2, 0.25) is 0 Å². The van der Waals surface area contributed by atoms with Crippen molar-refractivity contribution in [2.45, 2.75) is 65.5 Å². The highest BCUT2D eigenvalue weighted by molar-refractivity contribution is 7.57. The molecule has 0 amide bonds. The highest BCUT2D eigenvalue weighted by atomic mass is 31.2. The Balaban J connectivity index is 5.56. The molecule has 92 valence electrons. The molecule has 0 aromatic heterocycles. The molecule has 0 aliphatic rings. The van der Waals surface area contributed by atoms with Gasteiger partial charge in [-0.2, -0.15) is 0 Å². The molecule has 0 aromatic carbocycles. The van der Waals surface area contributed by atoms with Crippen LogP contribution in [0, 0.1) is 5.41 Å². The molecule has 15 heavy (non-hydrogen) atoms. The Morgan fingerprint density at radius 3 is 1.47 bits per heavy atom. The lowest BCUT2D eigenvalue weighted by molar-refractivity contribution is 0.166. The lowest BCUT2D eigenvalue weighted by atomic mass is 9.69. The van der Waals surface area contributed by atoms with Crippen LogP contribution in [0.4, 0.5) is 0 Å². The van der Waals surface area contributed by atoms with Gasteiger partial charge in [-0.05, 0) is 31.1 Å². The smallest absolute Gasteiger partial charge is 0.271 e. The summed E-state index contributed by atoms with van der Waals surface area (Å²) in [4.78, 5) is 9.86. The molecular formula is C11H26NO2P. The number of hydrogen-bond acceptors (Lipinski definition) is 1. The zero-order chi connectivity index (χ0) is 12.3. The van der Waals surface area contributed by atoms with E-state index in [2.05, 4.69) is 20.8 Å². The summed E-state index contributed by atoms with van der Waals surface area (Å²) in [6.07, 6.45) is 3.08. The van der Waals surface area contributed by atoms with Crippen molar-refractivity contribution in [3.8, 4) is 0 Å². The number of hydrogen-bond donors (Lipinski definition) is 2. The van der Waals surface area contributed by atoms with Gasteiger partial charge in [0.25, 0.3) is 7.52 Å². The van der Waals surface area contributed by atoms with Crippen LogP contribution in [0.2, 0.25) is 0 Å². The maximum atomic E-state index is 12.0. The second-order valence-corrected chi connectivity index (χ2v) is 6.73. The second kappa shape index (κ2) is 4.99. The van der Waals surface area contributed by atoms with Crippen molar-refractivity contribution in [1.29, 1.82) is 0 Å². The van der Waals surface area contributed by atoms with E-state index in [1.807, 2.05) is 13.8 Å². The summed E-state index contributed by atoms with van der Waals surface area (Å²) in [7, 11) is -3.56. The van der Waals surface area contributed by atoms with Gasteiger partial charge in [0.1, 0.15) is 0 Å². The van der Waals surface area contributed by atoms with Gasteiger partial charge >= 0.3 is 0 Å². The van der Waals surface area contributed by atoms with Gasteiger partial charge in [0.05, 0.1) is 5.16 Å². The standard InChI is InChI=1S/C11H26NO2P/c1-6-10(5,7-2)11(8-3,9-4)15(12,13)14/h6-9H2,1-5H3,(H3,12,13,14). The molecule has 3 nitrogen and oxygen atoms in total. The summed E-state index contributed by atoms with van der Waals surface area (Å²) in [5.41, 5.74) is 5.43. The molecule has 0 aliphatic heterocycles. The fraction of sp³-hybridized carbons (Fsp3) is 1.00. The summed E-state index contributed by atoms with van der Waals surface area (Å²) in [5.74, 6) is 0. The molecule has 0 bridgehead atoms. The molecule has 0 heterocycles. The molecule has 4 heteroatoms. The molecule has 0 aliphatic carbocycles. The third kappa shape index (κ3) is 2.30. The molecule has 0 radical (unpaired) electrons. The molecule has 0 rings (SSSR count). The predicted octanol–water partition coefficient (Wildman–Crippen LogP) is 3.52. The van der Waals surface area contributed by atoms with E-state index in [0.29, 0.717) is 12.8 Å². The van der Waals surface area contributed by atoms with E-state index in [1.165, 1.54) is 0 Å². The fourth-order valence-corrected chi connectivity index (χ4v) is 4.85. The van der Waals surface area contributed by atoms with Crippen LogP contribution in [-0.4, -0.2) is 10.0 Å². The Morgan fingerprint density at radius 1 is 1.07 bits per heavy atom. The summed E-state index contributed by atoms with van der Waals surface area (Å²) in [5, 5.41) is -0.635. The van der Waals surface area contributed by atoms with Crippen LogP contribution < -0.4 is 5.50 Å². The molecule has 0 saturated carbocycles. The van der Waals surface area contributed by atoms with E-state index >= 15 is 0 Å². The fourth-order valence-electron chi connectivity index (χ4n) is 2.85. The average Bonchev–Trinajstić information content (AvgIpc) is 2.17. The molecule has 1 unspecified atom stereocenters. The molecule has 1 atom stereocenters. The van der Waals surface area contributed by atoms with E-state index in [9.17, 15) is 9.46 Å². The van der Waals surface area contributed by atoms with E-state index in [-0.39, 0.29) is 5.41 Å². The van der Waals surface area contributed by atoms with Crippen molar-refractivity contribution >= 4 is 7.52 Å². The largest absolute Gasteiger partial charge is 0.333 e. The minimum Gasteiger partial charge on any atom is -0.333 e. The monoisotopic (exact) mass is 235 g/mol. The van der Waals surface area contributed by atoms with E-state index in [4.69, 9.17) is 5.50 Å². The molecule has 0 saturated heterocycles. The Kier molecular flexibility index (Phi) is 5.04. The van der Waals surface area contributed by atoms with Crippen molar-refractivity contribution < 1.29 is 9.46 Å². The SMILES string of the molecule is CCC(C)(CC)C(CC)(CC)P(N)(=O)O. The number of nitrogens with two attached hydrogens (primary N) is 1. The highest BCUT2D eigenvalue weighted by Gasteiger charge is 2.53. The maximum Gasteiger partial charge on any atom is 0.271 e. The van der Waals surface area contributed by atoms with Gasteiger partial charge in [-0.3, -0.25) is 10.1 Å². The van der Waals surface area contributed by atoms with Gasteiger partial charge in [-0.25, -0.2) is 0 Å². The van der Waals surface area contributed by atoms with E-state index < -0.39 is 12.7 Å². The zero-order valence-corrected chi connectivity index (χ0v) is 11.6. The molecule has 3 N–H and O–H groups in total. The van der Waals surface area contributed by atoms with Crippen LogP contribution in [0.3, 0.4) is 0 Å². The molecule has 0 spiro atoms. The first-order valence-electron chi connectivity index (χ1n) is 5.86. The maximum absolute atomic E-state index is 12.0. The lowest BCUT2D eigenvalue weighted by Gasteiger charge is -2.48. The topological polar surface area (TPSA) is 63.3 Å². The lowest BCUT2D eigenvalue weighted by Crippen LogP contribution is -2.46.